The number of nitrogens with one attached hydrogen (secondary N) is 2. The summed E-state index contributed by atoms with van der Waals surface area (Å²) < 4.78 is 10.8. The second kappa shape index (κ2) is 8.08. The lowest BCUT2D eigenvalue weighted by molar-refractivity contribution is -0.124. The number of ether oxygens (including phenoxy) is 2. The van der Waals surface area contributed by atoms with Gasteiger partial charge in [-0.05, 0) is 52.7 Å². The third-order valence-electron chi connectivity index (χ3n) is 3.98. The Bertz CT molecular complexity index is 545. The summed E-state index contributed by atoms with van der Waals surface area (Å²) in [5.41, 5.74) is 0.00636. The van der Waals surface area contributed by atoms with Crippen LogP contribution in [0.5, 0.6) is 11.5 Å². The van der Waals surface area contributed by atoms with Crippen molar-refractivity contribution in [2.24, 2.45) is 0 Å². The molecule has 0 radical (unpaired) electrons. The van der Waals surface area contributed by atoms with Gasteiger partial charge in [0, 0.05) is 17.1 Å². The van der Waals surface area contributed by atoms with Gasteiger partial charge in [0.1, 0.15) is 0 Å². The number of benzene rings is 1. The maximum Gasteiger partial charge on any atom is 0.258 e. The Kier molecular flexibility index (Phi) is 6.93. The minimum atomic E-state index is -0.102. The summed E-state index contributed by atoms with van der Waals surface area (Å²) in [6, 6.07) is 7.47. The number of amides is 1. The van der Waals surface area contributed by atoms with E-state index in [2.05, 4.69) is 38.3 Å². The first-order valence-corrected chi connectivity index (χ1v) is 8.05. The van der Waals surface area contributed by atoms with Crippen LogP contribution in [0, 0.1) is 0 Å². The lowest BCUT2D eigenvalue weighted by Gasteiger charge is -2.46. The zero-order valence-electron chi connectivity index (χ0n) is 15.1. The summed E-state index contributed by atoms with van der Waals surface area (Å²) in [6.45, 7) is 8.65. The van der Waals surface area contributed by atoms with E-state index in [-0.39, 0.29) is 42.0 Å². The highest BCUT2D eigenvalue weighted by molar-refractivity contribution is 5.85. The number of para-hydroxylation sites is 2. The van der Waals surface area contributed by atoms with Gasteiger partial charge in [0.2, 0.25) is 0 Å². The molecule has 1 aliphatic heterocycles. The van der Waals surface area contributed by atoms with E-state index in [4.69, 9.17) is 9.47 Å². The monoisotopic (exact) mass is 356 g/mol. The van der Waals surface area contributed by atoms with E-state index >= 15 is 0 Å². The van der Waals surface area contributed by atoms with Crippen molar-refractivity contribution in [3.05, 3.63) is 24.3 Å². The van der Waals surface area contributed by atoms with Crippen LogP contribution < -0.4 is 20.1 Å². The van der Waals surface area contributed by atoms with E-state index in [0.29, 0.717) is 11.5 Å². The van der Waals surface area contributed by atoms with Gasteiger partial charge < -0.3 is 20.1 Å². The molecule has 0 atom stereocenters. The molecule has 6 heteroatoms. The van der Waals surface area contributed by atoms with E-state index in [1.165, 1.54) is 0 Å². The van der Waals surface area contributed by atoms with Crippen LogP contribution in [0.1, 0.15) is 40.5 Å². The van der Waals surface area contributed by atoms with Gasteiger partial charge in [0.25, 0.3) is 5.91 Å². The topological polar surface area (TPSA) is 59.6 Å². The first kappa shape index (κ1) is 20.6. The molecule has 1 saturated heterocycles. The number of carbonyl (C=O) groups is 1. The Balaban J connectivity index is 0.00000288. The van der Waals surface area contributed by atoms with Crippen LogP contribution in [0.25, 0.3) is 0 Å². The number of methoxy groups -OCH3 is 1. The molecule has 1 amide bonds. The van der Waals surface area contributed by atoms with Gasteiger partial charge in [-0.15, -0.1) is 12.4 Å². The average molecular weight is 357 g/mol. The lowest BCUT2D eigenvalue weighted by Crippen LogP contribution is -2.62. The highest BCUT2D eigenvalue weighted by Gasteiger charge is 2.38. The van der Waals surface area contributed by atoms with Gasteiger partial charge in [0.15, 0.2) is 18.1 Å². The minimum Gasteiger partial charge on any atom is -0.493 e. The molecule has 0 saturated carbocycles. The van der Waals surface area contributed by atoms with Crippen molar-refractivity contribution in [3.63, 3.8) is 0 Å². The van der Waals surface area contributed by atoms with Crippen molar-refractivity contribution in [3.8, 4) is 11.5 Å². The number of halogens is 1. The maximum absolute atomic E-state index is 12.2. The average Bonchev–Trinajstić information content (AvgIpc) is 2.42. The summed E-state index contributed by atoms with van der Waals surface area (Å²) in [4.78, 5) is 12.2. The van der Waals surface area contributed by atoms with Gasteiger partial charge in [-0.2, -0.15) is 0 Å². The zero-order valence-corrected chi connectivity index (χ0v) is 16.0. The fraction of sp³-hybridized carbons (Fsp3) is 0.611. The second-order valence-corrected chi connectivity index (χ2v) is 7.50. The molecule has 1 fully saturated rings. The Morgan fingerprint density at radius 2 is 1.71 bits per heavy atom. The van der Waals surface area contributed by atoms with E-state index in [1.807, 2.05) is 18.2 Å². The Morgan fingerprint density at radius 3 is 2.25 bits per heavy atom. The highest BCUT2D eigenvalue weighted by atomic mass is 35.5. The van der Waals surface area contributed by atoms with E-state index in [1.54, 1.807) is 13.2 Å². The quantitative estimate of drug-likeness (QED) is 0.851. The van der Waals surface area contributed by atoms with Crippen LogP contribution >= 0.6 is 12.4 Å². The van der Waals surface area contributed by atoms with Gasteiger partial charge >= 0.3 is 0 Å². The highest BCUT2D eigenvalue weighted by Crippen LogP contribution is 2.29. The Labute approximate surface area is 150 Å². The van der Waals surface area contributed by atoms with Crippen LogP contribution in [0.3, 0.4) is 0 Å². The molecule has 0 aromatic heterocycles. The summed E-state index contributed by atoms with van der Waals surface area (Å²) in [6.07, 6.45) is 1.80. The fourth-order valence-electron chi connectivity index (χ4n) is 3.58. The van der Waals surface area contributed by atoms with Crippen LogP contribution in [-0.4, -0.2) is 36.7 Å². The van der Waals surface area contributed by atoms with Crippen LogP contribution in [-0.2, 0) is 4.79 Å². The number of hydrogen-bond acceptors (Lipinski definition) is 4. The second-order valence-electron chi connectivity index (χ2n) is 7.50. The van der Waals surface area contributed by atoms with Crippen molar-refractivity contribution in [1.82, 2.24) is 10.6 Å². The largest absolute Gasteiger partial charge is 0.493 e. The van der Waals surface area contributed by atoms with Crippen LogP contribution in [0.4, 0.5) is 0 Å². The van der Waals surface area contributed by atoms with Crippen molar-refractivity contribution >= 4 is 18.3 Å². The fourth-order valence-corrected chi connectivity index (χ4v) is 3.58. The van der Waals surface area contributed by atoms with Crippen molar-refractivity contribution in [2.45, 2.75) is 57.7 Å². The summed E-state index contributed by atoms with van der Waals surface area (Å²) in [7, 11) is 1.58. The molecule has 1 heterocycles. The summed E-state index contributed by atoms with van der Waals surface area (Å²) in [5, 5.41) is 6.70. The summed E-state index contributed by atoms with van der Waals surface area (Å²) >= 11 is 0. The number of hydrogen-bond donors (Lipinski definition) is 2. The molecule has 5 nitrogen and oxygen atoms in total. The van der Waals surface area contributed by atoms with Crippen LogP contribution in [0.2, 0.25) is 0 Å². The van der Waals surface area contributed by atoms with E-state index in [0.717, 1.165) is 12.8 Å². The Hall–Kier alpha value is -1.46. The lowest BCUT2D eigenvalue weighted by atomic mass is 9.79. The van der Waals surface area contributed by atoms with Gasteiger partial charge in [-0.1, -0.05) is 12.1 Å². The molecule has 1 aromatic rings. The van der Waals surface area contributed by atoms with Gasteiger partial charge in [-0.25, -0.2) is 0 Å². The number of carbonyl (C=O) groups excluding carboxylic acids is 1. The van der Waals surface area contributed by atoms with E-state index < -0.39 is 0 Å². The molecule has 1 aromatic carbocycles. The number of piperidine rings is 1. The third-order valence-corrected chi connectivity index (χ3v) is 3.98. The van der Waals surface area contributed by atoms with Gasteiger partial charge in [0.05, 0.1) is 7.11 Å². The molecule has 1 aliphatic rings. The third kappa shape index (κ3) is 5.87. The van der Waals surface area contributed by atoms with Crippen molar-refractivity contribution in [1.29, 1.82) is 0 Å². The smallest absolute Gasteiger partial charge is 0.258 e. The predicted octanol–water partition coefficient (Wildman–Crippen LogP) is 2.92. The zero-order chi connectivity index (χ0) is 17.1. The van der Waals surface area contributed by atoms with Crippen molar-refractivity contribution in [2.75, 3.05) is 13.7 Å². The summed E-state index contributed by atoms with van der Waals surface area (Å²) in [5.74, 6) is 1.11. The molecule has 0 unspecified atom stereocenters. The molecular weight excluding hydrogens is 328 g/mol. The predicted molar refractivity (Wildman–Crippen MR) is 98.2 cm³/mol. The minimum absolute atomic E-state index is 0. The van der Waals surface area contributed by atoms with Crippen molar-refractivity contribution < 1.29 is 14.3 Å². The van der Waals surface area contributed by atoms with Gasteiger partial charge in [-0.3, -0.25) is 4.79 Å². The molecule has 2 rings (SSSR count). The SMILES string of the molecule is COc1ccccc1OCC(=O)NC1CC(C)(C)NC(C)(C)C1.Cl. The van der Waals surface area contributed by atoms with Crippen LogP contribution in [0.15, 0.2) is 24.3 Å². The first-order valence-electron chi connectivity index (χ1n) is 8.05. The molecule has 24 heavy (non-hydrogen) atoms. The molecular formula is C18H29ClN2O3. The first-order chi connectivity index (χ1) is 10.7. The Morgan fingerprint density at radius 1 is 1.17 bits per heavy atom. The molecule has 136 valence electrons. The number of rotatable bonds is 5. The molecule has 0 bridgehead atoms. The molecule has 2 N–H and O–H groups in total. The van der Waals surface area contributed by atoms with E-state index in [9.17, 15) is 4.79 Å². The molecule has 0 spiro atoms. The maximum atomic E-state index is 12.2. The molecule has 0 aliphatic carbocycles. The normalized spacial score (nSPS) is 19.0. The standard InChI is InChI=1S/C18H28N2O3.ClH/c1-17(2)10-13(11-18(3,4)20-17)19-16(21)12-23-15-9-7-6-8-14(15)22-5;/h6-9,13,20H,10-12H2,1-5H3,(H,19,21);1H.